The molecule has 0 aliphatic carbocycles. The molecule has 0 radical (unpaired) electrons. The van der Waals surface area contributed by atoms with Gasteiger partial charge in [0.25, 0.3) is 5.89 Å². The third kappa shape index (κ3) is 3.32. The van der Waals surface area contributed by atoms with Gasteiger partial charge in [-0.3, -0.25) is 4.98 Å². The van der Waals surface area contributed by atoms with E-state index in [1.807, 2.05) is 19.9 Å². The number of hydrogen-bond acceptors (Lipinski definition) is 7. The molecule has 1 saturated heterocycles. The number of hydrogen-bond donors (Lipinski definition) is 1. The van der Waals surface area contributed by atoms with Crippen molar-refractivity contribution in [3.8, 4) is 6.07 Å². The normalized spacial score (nSPS) is 20.4. The Labute approximate surface area is 134 Å². The molecule has 3 heterocycles. The minimum Gasteiger partial charge on any atom is -0.381 e. The molecule has 1 fully saturated rings. The van der Waals surface area contributed by atoms with Gasteiger partial charge in [0, 0.05) is 12.2 Å². The first kappa shape index (κ1) is 15.4. The number of nitrogens with zero attached hydrogens (tertiary/aromatic N) is 4. The smallest absolute Gasteiger partial charge is 0.255 e. The lowest BCUT2D eigenvalue weighted by Gasteiger charge is -2.15. The first-order valence-corrected chi connectivity index (χ1v) is 7.64. The molecule has 0 aromatic carbocycles. The summed E-state index contributed by atoms with van der Waals surface area (Å²) < 4.78 is 11.1. The molecular formula is C16H19N5O2. The highest BCUT2D eigenvalue weighted by atomic mass is 16.5. The van der Waals surface area contributed by atoms with Crippen LogP contribution in [0.25, 0.3) is 0 Å². The fraction of sp³-hybridized carbons (Fsp3) is 0.500. The third-order valence-electron chi connectivity index (χ3n) is 3.89. The third-order valence-corrected chi connectivity index (χ3v) is 3.89. The molecule has 0 spiro atoms. The van der Waals surface area contributed by atoms with Gasteiger partial charge < -0.3 is 14.6 Å². The summed E-state index contributed by atoms with van der Waals surface area (Å²) in [5.41, 5.74) is 3.01. The zero-order valence-electron chi connectivity index (χ0n) is 13.5. The van der Waals surface area contributed by atoms with E-state index in [1.54, 1.807) is 6.92 Å². The molecule has 120 valence electrons. The van der Waals surface area contributed by atoms with Crippen LogP contribution in [0, 0.1) is 32.1 Å². The predicted octanol–water partition coefficient (Wildman–Crippen LogP) is 2.59. The molecule has 0 saturated carbocycles. The monoisotopic (exact) mass is 313 g/mol. The fourth-order valence-electron chi connectivity index (χ4n) is 2.81. The van der Waals surface area contributed by atoms with Gasteiger partial charge in [0.1, 0.15) is 12.2 Å². The minimum atomic E-state index is -0.139. The lowest BCUT2D eigenvalue weighted by atomic mass is 10.1. The zero-order valence-corrected chi connectivity index (χ0v) is 13.5. The van der Waals surface area contributed by atoms with Crippen LogP contribution >= 0.6 is 0 Å². The van der Waals surface area contributed by atoms with Crippen molar-refractivity contribution in [2.24, 2.45) is 0 Å². The number of aromatic nitrogens is 3. The van der Waals surface area contributed by atoms with Crippen LogP contribution in [-0.4, -0.2) is 27.8 Å². The van der Waals surface area contributed by atoms with Crippen LogP contribution in [0.5, 0.6) is 0 Å². The van der Waals surface area contributed by atoms with Gasteiger partial charge in [0.15, 0.2) is 5.82 Å². The Morgan fingerprint density at radius 3 is 2.83 bits per heavy atom. The lowest BCUT2D eigenvalue weighted by Crippen LogP contribution is -2.20. The van der Waals surface area contributed by atoms with E-state index in [1.165, 1.54) is 0 Å². The van der Waals surface area contributed by atoms with Gasteiger partial charge in [-0.05, 0) is 39.7 Å². The first-order valence-electron chi connectivity index (χ1n) is 7.64. The molecular weight excluding hydrogens is 294 g/mol. The second-order valence-corrected chi connectivity index (χ2v) is 5.77. The van der Waals surface area contributed by atoms with E-state index in [9.17, 15) is 5.26 Å². The van der Waals surface area contributed by atoms with Crippen LogP contribution in [0.4, 0.5) is 5.69 Å². The van der Waals surface area contributed by atoms with Crippen molar-refractivity contribution in [3.05, 3.63) is 34.7 Å². The van der Waals surface area contributed by atoms with E-state index in [0.29, 0.717) is 23.8 Å². The Morgan fingerprint density at radius 2 is 2.13 bits per heavy atom. The predicted molar refractivity (Wildman–Crippen MR) is 82.8 cm³/mol. The molecule has 2 aromatic rings. The van der Waals surface area contributed by atoms with Crippen molar-refractivity contribution < 1.29 is 9.26 Å². The summed E-state index contributed by atoms with van der Waals surface area (Å²) >= 11 is 0. The highest BCUT2D eigenvalue weighted by molar-refractivity contribution is 5.59. The van der Waals surface area contributed by atoms with E-state index in [4.69, 9.17) is 9.26 Å². The second kappa shape index (κ2) is 6.34. The summed E-state index contributed by atoms with van der Waals surface area (Å²) in [7, 11) is 0. The summed E-state index contributed by atoms with van der Waals surface area (Å²) in [6.07, 6.45) is 1.67. The number of nitrogens with one attached hydrogen (secondary N) is 1. The number of aryl methyl sites for hydroxylation is 3. The maximum Gasteiger partial charge on any atom is 0.255 e. The largest absolute Gasteiger partial charge is 0.381 e. The molecule has 23 heavy (non-hydrogen) atoms. The summed E-state index contributed by atoms with van der Waals surface area (Å²) in [5, 5.41) is 16.4. The van der Waals surface area contributed by atoms with Crippen molar-refractivity contribution in [3.63, 3.8) is 0 Å². The van der Waals surface area contributed by atoms with Crippen LogP contribution in [0.2, 0.25) is 0 Å². The quantitative estimate of drug-likeness (QED) is 0.926. The minimum absolute atomic E-state index is 0.0486. The summed E-state index contributed by atoms with van der Waals surface area (Å²) in [6.45, 7) is 6.18. The molecule has 3 rings (SSSR count). The van der Waals surface area contributed by atoms with Gasteiger partial charge in [0.05, 0.1) is 23.0 Å². The van der Waals surface area contributed by atoms with Crippen molar-refractivity contribution in [1.82, 2.24) is 15.1 Å². The zero-order chi connectivity index (χ0) is 16.4. The van der Waals surface area contributed by atoms with Gasteiger partial charge in [0.2, 0.25) is 0 Å². The van der Waals surface area contributed by atoms with E-state index >= 15 is 0 Å². The van der Waals surface area contributed by atoms with E-state index < -0.39 is 0 Å². The number of pyridine rings is 1. The van der Waals surface area contributed by atoms with Gasteiger partial charge >= 0.3 is 0 Å². The fourth-order valence-corrected chi connectivity index (χ4v) is 2.81. The van der Waals surface area contributed by atoms with Crippen molar-refractivity contribution in [1.29, 1.82) is 5.26 Å². The molecule has 0 bridgehead atoms. The Bertz CT molecular complexity index is 749. The average Bonchev–Trinajstić information content (AvgIpc) is 3.13. The van der Waals surface area contributed by atoms with Crippen molar-refractivity contribution in [2.45, 2.75) is 45.8 Å². The second-order valence-electron chi connectivity index (χ2n) is 5.77. The lowest BCUT2D eigenvalue weighted by molar-refractivity contribution is 0.0326. The Kier molecular flexibility index (Phi) is 4.26. The summed E-state index contributed by atoms with van der Waals surface area (Å²) in [6, 6.07) is 4.09. The number of ether oxygens (including phenoxy) is 1. The molecule has 1 aliphatic heterocycles. The number of rotatable bonds is 4. The van der Waals surface area contributed by atoms with Gasteiger partial charge in [-0.2, -0.15) is 10.2 Å². The van der Waals surface area contributed by atoms with Crippen molar-refractivity contribution in [2.75, 3.05) is 11.9 Å². The molecule has 1 N–H and O–H groups in total. The van der Waals surface area contributed by atoms with Crippen LogP contribution in [0.3, 0.4) is 0 Å². The maximum atomic E-state index is 9.29. The highest BCUT2D eigenvalue weighted by Gasteiger charge is 2.30. The Morgan fingerprint density at radius 1 is 1.30 bits per heavy atom. The Balaban J connectivity index is 1.63. The number of nitriles is 1. The van der Waals surface area contributed by atoms with Crippen LogP contribution in [0.15, 0.2) is 10.6 Å². The van der Waals surface area contributed by atoms with Gasteiger partial charge in [-0.25, -0.2) is 0 Å². The molecule has 1 aliphatic rings. The van der Waals surface area contributed by atoms with E-state index in [2.05, 4.69) is 26.5 Å². The topological polar surface area (TPSA) is 96.9 Å². The van der Waals surface area contributed by atoms with Crippen LogP contribution in [-0.2, 0) is 4.74 Å². The average molecular weight is 313 g/mol. The molecule has 2 aromatic heterocycles. The highest BCUT2D eigenvalue weighted by Crippen LogP contribution is 2.32. The van der Waals surface area contributed by atoms with E-state index in [0.717, 1.165) is 29.9 Å². The summed E-state index contributed by atoms with van der Waals surface area (Å²) in [5.74, 6) is 1.16. The maximum absolute atomic E-state index is 9.29. The van der Waals surface area contributed by atoms with Gasteiger partial charge in [-0.1, -0.05) is 5.16 Å². The number of anilines is 1. The molecule has 7 heteroatoms. The van der Waals surface area contributed by atoms with Crippen LogP contribution in [0.1, 0.15) is 47.6 Å². The van der Waals surface area contributed by atoms with Crippen LogP contribution < -0.4 is 5.32 Å². The first-order chi connectivity index (χ1) is 11.1. The molecule has 0 amide bonds. The van der Waals surface area contributed by atoms with E-state index in [-0.39, 0.29) is 12.2 Å². The summed E-state index contributed by atoms with van der Waals surface area (Å²) in [4.78, 5) is 8.54. The Hall–Kier alpha value is -2.46. The van der Waals surface area contributed by atoms with Gasteiger partial charge in [-0.15, -0.1) is 0 Å². The molecule has 0 unspecified atom stereocenters. The van der Waals surface area contributed by atoms with Crippen molar-refractivity contribution >= 4 is 5.69 Å². The molecule has 7 nitrogen and oxygen atoms in total. The molecule has 2 atom stereocenters. The standard InChI is InChI=1S/C16H19N5O2/c1-9-6-14(13(7-17)10(2)19-9)18-8-12-4-5-15(22-12)16-20-11(3)21-23-16/h6,12,15H,4-5,8H2,1-3H3,(H,18,19)/t12-,15+/m1/s1. The SMILES string of the molecule is Cc1cc(NC[C@H]2CC[C@@H](c3nc(C)no3)O2)c(C#N)c(C)n1.